The third-order valence-electron chi connectivity index (χ3n) is 3.51. The molecule has 1 unspecified atom stereocenters. The number of amides is 1. The second-order valence-corrected chi connectivity index (χ2v) is 4.75. The molecule has 0 bridgehead atoms. The van der Waals surface area contributed by atoms with Crippen LogP contribution in [0.4, 0.5) is 0 Å². The van der Waals surface area contributed by atoms with Gasteiger partial charge in [0, 0.05) is 19.5 Å². The lowest BCUT2D eigenvalue weighted by molar-refractivity contribution is -0.132. The Bertz CT molecular complexity index is 362. The van der Waals surface area contributed by atoms with Crippen LogP contribution in [0, 0.1) is 0 Å². The number of nitrogens with one attached hydrogen (secondary N) is 1. The van der Waals surface area contributed by atoms with E-state index in [4.69, 9.17) is 0 Å². The number of carbonyl (C=O) groups is 1. The molecule has 1 atom stereocenters. The van der Waals surface area contributed by atoms with Gasteiger partial charge in [-0.1, -0.05) is 0 Å². The first-order valence-electron chi connectivity index (χ1n) is 6.56. The van der Waals surface area contributed by atoms with Crippen molar-refractivity contribution in [1.82, 2.24) is 25.0 Å². The first-order chi connectivity index (χ1) is 8.77. The third kappa shape index (κ3) is 4.80. The quantitative estimate of drug-likeness (QED) is 0.885. The summed E-state index contributed by atoms with van der Waals surface area (Å²) in [5.74, 6) is 0.192. The summed E-state index contributed by atoms with van der Waals surface area (Å²) < 4.78 is 1.69. The molecule has 108 valence electrons. The van der Waals surface area contributed by atoms with Crippen molar-refractivity contribution in [2.75, 3.05) is 20.1 Å². The van der Waals surface area contributed by atoms with E-state index in [9.17, 15) is 4.79 Å². The number of nitrogens with zero attached hydrogens (tertiary/aromatic N) is 4. The van der Waals surface area contributed by atoms with Crippen LogP contribution in [-0.2, 0) is 11.3 Å². The predicted octanol–water partition coefficient (Wildman–Crippen LogP) is 0.690. The minimum Gasteiger partial charge on any atom is -0.343 e. The fourth-order valence-corrected chi connectivity index (χ4v) is 2.33. The SMILES string of the molecule is CN(C(=O)CCn1cncn1)C1CCCNCC1.Cl. The average Bonchev–Trinajstić information content (AvgIpc) is 2.75. The summed E-state index contributed by atoms with van der Waals surface area (Å²) in [6.07, 6.45) is 6.91. The number of hydrogen-bond acceptors (Lipinski definition) is 4. The molecular formula is C12H22ClN5O. The number of halogens is 1. The van der Waals surface area contributed by atoms with E-state index in [-0.39, 0.29) is 18.3 Å². The highest BCUT2D eigenvalue weighted by Gasteiger charge is 2.20. The van der Waals surface area contributed by atoms with Gasteiger partial charge in [-0.2, -0.15) is 5.10 Å². The van der Waals surface area contributed by atoms with Crippen LogP contribution >= 0.6 is 12.4 Å². The monoisotopic (exact) mass is 287 g/mol. The van der Waals surface area contributed by atoms with Crippen LogP contribution in [0.25, 0.3) is 0 Å². The van der Waals surface area contributed by atoms with Crippen molar-refractivity contribution in [1.29, 1.82) is 0 Å². The van der Waals surface area contributed by atoms with Gasteiger partial charge < -0.3 is 10.2 Å². The summed E-state index contributed by atoms with van der Waals surface area (Å²) in [7, 11) is 1.92. The summed E-state index contributed by atoms with van der Waals surface area (Å²) in [6.45, 7) is 2.68. The summed E-state index contributed by atoms with van der Waals surface area (Å²) >= 11 is 0. The molecule has 0 spiro atoms. The molecular weight excluding hydrogens is 266 g/mol. The van der Waals surface area contributed by atoms with E-state index in [0.29, 0.717) is 19.0 Å². The Kier molecular flexibility index (Phi) is 6.80. The second-order valence-electron chi connectivity index (χ2n) is 4.75. The average molecular weight is 288 g/mol. The Hall–Kier alpha value is -1.14. The van der Waals surface area contributed by atoms with Crippen LogP contribution < -0.4 is 5.32 Å². The van der Waals surface area contributed by atoms with Crippen molar-refractivity contribution in [2.45, 2.75) is 38.3 Å². The largest absolute Gasteiger partial charge is 0.343 e. The molecule has 1 aromatic heterocycles. The van der Waals surface area contributed by atoms with Crippen LogP contribution in [0.15, 0.2) is 12.7 Å². The molecule has 1 fully saturated rings. The maximum absolute atomic E-state index is 12.1. The van der Waals surface area contributed by atoms with Gasteiger partial charge in [0.1, 0.15) is 12.7 Å². The lowest BCUT2D eigenvalue weighted by Crippen LogP contribution is -2.38. The Morgan fingerprint density at radius 2 is 2.32 bits per heavy atom. The zero-order valence-corrected chi connectivity index (χ0v) is 12.1. The fraction of sp³-hybridized carbons (Fsp3) is 0.750. The van der Waals surface area contributed by atoms with Crippen molar-refractivity contribution in [3.05, 3.63) is 12.7 Å². The zero-order chi connectivity index (χ0) is 12.8. The van der Waals surface area contributed by atoms with E-state index in [1.54, 1.807) is 11.0 Å². The minimum atomic E-state index is 0. The minimum absolute atomic E-state index is 0. The molecule has 1 aliphatic rings. The van der Waals surface area contributed by atoms with Crippen LogP contribution in [0.2, 0.25) is 0 Å². The highest BCUT2D eigenvalue weighted by molar-refractivity contribution is 5.85. The van der Waals surface area contributed by atoms with Crippen LogP contribution in [0.1, 0.15) is 25.7 Å². The first kappa shape index (κ1) is 15.9. The summed E-state index contributed by atoms with van der Waals surface area (Å²) in [6, 6.07) is 0.378. The fourth-order valence-electron chi connectivity index (χ4n) is 2.33. The number of hydrogen-bond donors (Lipinski definition) is 1. The molecule has 0 aliphatic carbocycles. The van der Waals surface area contributed by atoms with Crippen molar-refractivity contribution in [3.8, 4) is 0 Å². The normalized spacial score (nSPS) is 19.3. The molecule has 1 amide bonds. The van der Waals surface area contributed by atoms with Gasteiger partial charge in [-0.15, -0.1) is 12.4 Å². The van der Waals surface area contributed by atoms with Gasteiger partial charge >= 0.3 is 0 Å². The topological polar surface area (TPSA) is 63.1 Å². The summed E-state index contributed by atoms with van der Waals surface area (Å²) in [4.78, 5) is 17.9. The highest BCUT2D eigenvalue weighted by atomic mass is 35.5. The van der Waals surface area contributed by atoms with Gasteiger partial charge in [-0.3, -0.25) is 9.48 Å². The molecule has 2 heterocycles. The van der Waals surface area contributed by atoms with E-state index < -0.39 is 0 Å². The van der Waals surface area contributed by atoms with Crippen molar-refractivity contribution in [2.24, 2.45) is 0 Å². The van der Waals surface area contributed by atoms with E-state index in [0.717, 1.165) is 32.4 Å². The molecule has 0 radical (unpaired) electrons. The van der Waals surface area contributed by atoms with Crippen molar-refractivity contribution < 1.29 is 4.79 Å². The number of aromatic nitrogens is 3. The third-order valence-corrected chi connectivity index (χ3v) is 3.51. The smallest absolute Gasteiger partial charge is 0.224 e. The van der Waals surface area contributed by atoms with E-state index >= 15 is 0 Å². The van der Waals surface area contributed by atoms with Crippen LogP contribution in [0.3, 0.4) is 0 Å². The first-order valence-corrected chi connectivity index (χ1v) is 6.56. The Labute approximate surface area is 120 Å². The molecule has 1 aliphatic heterocycles. The number of rotatable bonds is 4. The molecule has 1 saturated heterocycles. The van der Waals surface area contributed by atoms with Crippen LogP contribution in [-0.4, -0.2) is 51.8 Å². The molecule has 0 aromatic carbocycles. The van der Waals surface area contributed by atoms with Gasteiger partial charge in [0.2, 0.25) is 5.91 Å². The Balaban J connectivity index is 0.00000180. The van der Waals surface area contributed by atoms with E-state index in [1.807, 2.05) is 11.9 Å². The maximum atomic E-state index is 12.1. The summed E-state index contributed by atoms with van der Waals surface area (Å²) in [5, 5.41) is 7.36. The standard InChI is InChI=1S/C12H21N5O.ClH/c1-16(11-3-2-6-13-7-4-11)12(18)5-8-17-10-14-9-15-17;/h9-11,13H,2-8H2,1H3;1H. The second kappa shape index (κ2) is 8.12. The highest BCUT2D eigenvalue weighted by Crippen LogP contribution is 2.12. The molecule has 6 nitrogen and oxygen atoms in total. The summed E-state index contributed by atoms with van der Waals surface area (Å²) in [5.41, 5.74) is 0. The molecule has 1 aromatic rings. The van der Waals surface area contributed by atoms with Gasteiger partial charge in [-0.05, 0) is 32.4 Å². The lowest BCUT2D eigenvalue weighted by Gasteiger charge is -2.27. The molecule has 7 heteroatoms. The van der Waals surface area contributed by atoms with Gasteiger partial charge in [-0.25, -0.2) is 4.98 Å². The number of aryl methyl sites for hydroxylation is 1. The maximum Gasteiger partial charge on any atom is 0.224 e. The molecule has 2 rings (SSSR count). The lowest BCUT2D eigenvalue weighted by atomic mass is 10.1. The van der Waals surface area contributed by atoms with Crippen molar-refractivity contribution in [3.63, 3.8) is 0 Å². The number of carbonyl (C=O) groups excluding carboxylic acids is 1. The molecule has 1 N–H and O–H groups in total. The molecule has 0 saturated carbocycles. The molecule has 19 heavy (non-hydrogen) atoms. The zero-order valence-electron chi connectivity index (χ0n) is 11.3. The van der Waals surface area contributed by atoms with Gasteiger partial charge in [0.05, 0.1) is 6.54 Å². The van der Waals surface area contributed by atoms with Gasteiger partial charge in [0.25, 0.3) is 0 Å². The van der Waals surface area contributed by atoms with Gasteiger partial charge in [0.15, 0.2) is 0 Å². The van der Waals surface area contributed by atoms with Crippen LogP contribution in [0.5, 0.6) is 0 Å². The Morgan fingerprint density at radius 1 is 1.47 bits per heavy atom. The van der Waals surface area contributed by atoms with E-state index in [1.165, 1.54) is 6.33 Å². The van der Waals surface area contributed by atoms with Crippen molar-refractivity contribution >= 4 is 18.3 Å². The van der Waals surface area contributed by atoms with E-state index in [2.05, 4.69) is 15.4 Å². The predicted molar refractivity (Wildman–Crippen MR) is 75.2 cm³/mol. The Morgan fingerprint density at radius 3 is 3.05 bits per heavy atom.